The number of hydrogen-bond donors (Lipinski definition) is 0. The Labute approximate surface area is 139 Å². The Morgan fingerprint density at radius 1 is 0.850 bits per heavy atom. The minimum absolute atomic E-state index is 0. The minimum Gasteiger partial charge on any atom is -0.538 e. The van der Waals surface area contributed by atoms with Gasteiger partial charge in [0.25, 0.3) is 0 Å². The van der Waals surface area contributed by atoms with Crippen molar-refractivity contribution in [2.24, 2.45) is 0 Å². The van der Waals surface area contributed by atoms with Gasteiger partial charge in [0.2, 0.25) is 0 Å². The molecule has 0 bridgehead atoms. The van der Waals surface area contributed by atoms with E-state index in [2.05, 4.69) is 13.0 Å². The predicted octanol–water partition coefficient (Wildman–Crippen LogP) is 0.481. The molecular formula is C14H26BLiO3S. The summed E-state index contributed by atoms with van der Waals surface area (Å²) >= 11 is 1.67. The van der Waals surface area contributed by atoms with Crippen LogP contribution in [0, 0.1) is 6.92 Å². The van der Waals surface area contributed by atoms with E-state index in [4.69, 9.17) is 14.0 Å². The molecular weight excluding hydrogens is 266 g/mol. The van der Waals surface area contributed by atoms with Crippen LogP contribution in [0.4, 0.5) is 0 Å². The van der Waals surface area contributed by atoms with E-state index in [1.54, 1.807) is 11.3 Å². The molecule has 0 spiro atoms. The van der Waals surface area contributed by atoms with Crippen molar-refractivity contribution in [2.75, 3.05) is 0 Å². The average Bonchev–Trinajstić information content (AvgIpc) is 2.61. The largest absolute Gasteiger partial charge is 1.00 e. The molecule has 1 heterocycles. The molecule has 0 aliphatic rings. The summed E-state index contributed by atoms with van der Waals surface area (Å²) in [6.45, 7) is 12.2. The predicted molar refractivity (Wildman–Crippen MR) is 83.1 cm³/mol. The molecule has 0 saturated carbocycles. The Morgan fingerprint density at radius 3 is 1.50 bits per heavy atom. The van der Waals surface area contributed by atoms with E-state index in [0.29, 0.717) is 0 Å². The fraction of sp³-hybridized carbons (Fsp3) is 0.714. The van der Waals surface area contributed by atoms with Crippen LogP contribution in [0.2, 0.25) is 0 Å². The molecule has 0 fully saturated rings. The average molecular weight is 292 g/mol. The van der Waals surface area contributed by atoms with E-state index in [0.717, 1.165) is 4.78 Å². The van der Waals surface area contributed by atoms with E-state index >= 15 is 0 Å². The molecule has 0 aliphatic heterocycles. The first-order chi connectivity index (χ1) is 8.75. The van der Waals surface area contributed by atoms with Crippen molar-refractivity contribution in [2.45, 2.75) is 66.8 Å². The Kier molecular flexibility index (Phi) is 8.73. The van der Waals surface area contributed by atoms with Gasteiger partial charge in [-0.05, 0) is 53.3 Å². The van der Waals surface area contributed by atoms with Crippen LogP contribution >= 0.6 is 11.3 Å². The van der Waals surface area contributed by atoms with E-state index in [1.807, 2.05) is 47.6 Å². The molecule has 0 unspecified atom stereocenters. The summed E-state index contributed by atoms with van der Waals surface area (Å²) in [6, 6.07) is 4.13. The quantitative estimate of drug-likeness (QED) is 0.684. The smallest absolute Gasteiger partial charge is 0.538 e. The maximum atomic E-state index is 6.09. The topological polar surface area (TPSA) is 27.7 Å². The molecule has 6 heteroatoms. The molecule has 1 aromatic heterocycles. The molecule has 1 aromatic rings. The van der Waals surface area contributed by atoms with Crippen LogP contribution in [-0.4, -0.2) is 25.1 Å². The van der Waals surface area contributed by atoms with Gasteiger partial charge < -0.3 is 14.0 Å². The first kappa shape index (κ1) is 20.2. The molecule has 110 valence electrons. The van der Waals surface area contributed by atoms with Gasteiger partial charge in [0.1, 0.15) is 0 Å². The summed E-state index contributed by atoms with van der Waals surface area (Å²) in [5.74, 6) is 0. The molecule has 1 rings (SSSR count). The van der Waals surface area contributed by atoms with Gasteiger partial charge in [-0.3, -0.25) is 0 Å². The van der Waals surface area contributed by atoms with Crippen molar-refractivity contribution in [3.8, 4) is 0 Å². The fourth-order valence-corrected chi connectivity index (χ4v) is 2.97. The molecule has 0 saturated heterocycles. The van der Waals surface area contributed by atoms with Gasteiger partial charge in [-0.25, -0.2) is 0 Å². The monoisotopic (exact) mass is 292 g/mol. The zero-order valence-electron chi connectivity index (χ0n) is 14.1. The molecule has 20 heavy (non-hydrogen) atoms. The van der Waals surface area contributed by atoms with Crippen molar-refractivity contribution in [3.05, 3.63) is 17.0 Å². The van der Waals surface area contributed by atoms with Crippen LogP contribution in [0.25, 0.3) is 0 Å². The zero-order valence-corrected chi connectivity index (χ0v) is 14.9. The SMILES string of the molecule is Cc1ccc([B-](OC(C)C)(OC(C)C)OC(C)C)s1.[Li+]. The Balaban J connectivity index is 0.00000361. The van der Waals surface area contributed by atoms with Gasteiger partial charge in [0.05, 0.1) is 0 Å². The van der Waals surface area contributed by atoms with Gasteiger partial charge in [0.15, 0.2) is 0 Å². The van der Waals surface area contributed by atoms with Gasteiger partial charge >= 0.3 is 25.6 Å². The second kappa shape index (κ2) is 8.63. The number of thiophene rings is 1. The second-order valence-corrected chi connectivity index (χ2v) is 6.96. The molecule has 0 N–H and O–H groups in total. The Morgan fingerprint density at radius 2 is 1.25 bits per heavy atom. The van der Waals surface area contributed by atoms with Crippen LogP contribution in [0.3, 0.4) is 0 Å². The van der Waals surface area contributed by atoms with E-state index in [-0.39, 0.29) is 37.2 Å². The maximum Gasteiger partial charge on any atom is 1.00 e. The molecule has 0 aliphatic carbocycles. The first-order valence-electron chi connectivity index (χ1n) is 6.99. The Hall–Kier alpha value is 0.242. The zero-order chi connectivity index (χ0) is 14.6. The standard InChI is InChI=1S/C14H26BO3S.Li/c1-10(2)16-15(17-11(3)4,18-12(5)6)14-9-8-13(7)19-14;/h8-12H,1-7H3;/q-1;+1. The van der Waals surface area contributed by atoms with Crippen LogP contribution in [-0.2, 0) is 14.0 Å². The van der Waals surface area contributed by atoms with Gasteiger partial charge in [-0.1, -0.05) is 16.9 Å². The van der Waals surface area contributed by atoms with Crippen molar-refractivity contribution in [1.82, 2.24) is 0 Å². The number of rotatable bonds is 7. The fourth-order valence-electron chi connectivity index (χ4n) is 2.02. The summed E-state index contributed by atoms with van der Waals surface area (Å²) in [5, 5.41) is 0. The van der Waals surface area contributed by atoms with E-state index in [1.165, 1.54) is 4.88 Å². The third-order valence-electron chi connectivity index (χ3n) is 2.46. The summed E-state index contributed by atoms with van der Waals surface area (Å²) in [5.41, 5.74) is 0. The maximum absolute atomic E-state index is 6.09. The first-order valence-corrected chi connectivity index (χ1v) is 7.80. The van der Waals surface area contributed by atoms with Crippen LogP contribution in [0.15, 0.2) is 12.1 Å². The van der Waals surface area contributed by atoms with Crippen molar-refractivity contribution in [1.29, 1.82) is 0 Å². The van der Waals surface area contributed by atoms with Crippen LogP contribution in [0.1, 0.15) is 46.4 Å². The van der Waals surface area contributed by atoms with E-state index in [9.17, 15) is 0 Å². The molecule has 0 radical (unpaired) electrons. The summed E-state index contributed by atoms with van der Waals surface area (Å²) in [6.07, 6.45) is 0.125. The molecule has 0 amide bonds. The number of hydrogen-bond acceptors (Lipinski definition) is 4. The van der Waals surface area contributed by atoms with Gasteiger partial charge in [0, 0.05) is 18.3 Å². The van der Waals surface area contributed by atoms with Gasteiger partial charge in [-0.15, -0.1) is 0 Å². The third-order valence-corrected chi connectivity index (χ3v) is 3.58. The minimum atomic E-state index is -1.88. The summed E-state index contributed by atoms with van der Waals surface area (Å²) in [4.78, 5) is 1.23. The normalized spacial score (nSPS) is 12.3. The van der Waals surface area contributed by atoms with Crippen LogP contribution < -0.4 is 23.6 Å². The van der Waals surface area contributed by atoms with Crippen molar-refractivity contribution >= 4 is 22.9 Å². The number of aryl methyl sites for hydroxylation is 1. The van der Waals surface area contributed by atoms with Gasteiger partial charge in [-0.2, -0.15) is 11.3 Å². The Bertz CT molecular complexity index is 367. The summed E-state index contributed by atoms with van der Waals surface area (Å²) in [7, 11) is 0. The molecule has 0 atom stereocenters. The second-order valence-electron chi connectivity index (χ2n) is 5.65. The molecule has 0 aromatic carbocycles. The van der Waals surface area contributed by atoms with E-state index < -0.39 is 6.75 Å². The van der Waals surface area contributed by atoms with Crippen LogP contribution in [0.5, 0.6) is 0 Å². The summed E-state index contributed by atoms with van der Waals surface area (Å²) < 4.78 is 19.3. The molecule has 3 nitrogen and oxygen atoms in total. The van der Waals surface area contributed by atoms with Crippen molar-refractivity contribution in [3.63, 3.8) is 0 Å². The van der Waals surface area contributed by atoms with Crippen molar-refractivity contribution < 1.29 is 32.8 Å². The third kappa shape index (κ3) is 5.93.